The van der Waals surface area contributed by atoms with Crippen LogP contribution in [-0.2, 0) is 10.0 Å². The maximum Gasteiger partial charge on any atom is 0.293 e. The first-order valence-corrected chi connectivity index (χ1v) is 11.4. The smallest absolute Gasteiger partial charge is 0.293 e. The standard InChI is InChI=1S/C23H19N3O7S/c1-32-17-9-11-19(12-10-17)34(30,31)24-23(27)21-13-15-5-3-8-20(26(28)29)22(15)25(21)16-6-4-7-18(14-16)33-2/h3-14H,1-2H3,(H,24,27). The third-order valence-corrected chi connectivity index (χ3v) is 6.49. The molecule has 0 saturated carbocycles. The van der Waals surface area contributed by atoms with E-state index in [0.29, 0.717) is 22.6 Å². The van der Waals surface area contributed by atoms with Crippen molar-refractivity contribution in [3.05, 3.63) is 88.6 Å². The molecule has 0 bridgehead atoms. The van der Waals surface area contributed by atoms with Gasteiger partial charge in [0.15, 0.2) is 0 Å². The molecule has 0 atom stereocenters. The molecule has 10 nitrogen and oxygen atoms in total. The first-order valence-electron chi connectivity index (χ1n) is 9.89. The summed E-state index contributed by atoms with van der Waals surface area (Å²) in [7, 11) is -1.33. The highest BCUT2D eigenvalue weighted by molar-refractivity contribution is 7.90. The number of sulfonamides is 1. The second-order valence-electron chi connectivity index (χ2n) is 7.15. The molecule has 11 heteroatoms. The molecule has 0 aliphatic rings. The number of hydrogen-bond donors (Lipinski definition) is 1. The lowest BCUT2D eigenvalue weighted by Gasteiger charge is -2.13. The van der Waals surface area contributed by atoms with Crippen LogP contribution in [0.2, 0.25) is 0 Å². The van der Waals surface area contributed by atoms with Crippen LogP contribution < -0.4 is 14.2 Å². The normalized spacial score (nSPS) is 11.2. The zero-order valence-electron chi connectivity index (χ0n) is 18.1. The Bertz CT molecular complexity index is 1510. The number of carbonyl (C=O) groups is 1. The summed E-state index contributed by atoms with van der Waals surface area (Å²) in [6, 6.07) is 17.9. The minimum atomic E-state index is -4.24. The van der Waals surface area contributed by atoms with Crippen molar-refractivity contribution >= 4 is 32.5 Å². The molecule has 34 heavy (non-hydrogen) atoms. The van der Waals surface area contributed by atoms with E-state index < -0.39 is 20.9 Å². The number of hydrogen-bond acceptors (Lipinski definition) is 7. The van der Waals surface area contributed by atoms with Gasteiger partial charge in [0, 0.05) is 17.5 Å². The van der Waals surface area contributed by atoms with Gasteiger partial charge in [-0.15, -0.1) is 0 Å². The second kappa shape index (κ2) is 8.87. The Morgan fingerprint density at radius 2 is 1.62 bits per heavy atom. The maximum atomic E-state index is 13.2. The van der Waals surface area contributed by atoms with Gasteiger partial charge in [0.2, 0.25) is 0 Å². The largest absolute Gasteiger partial charge is 0.497 e. The van der Waals surface area contributed by atoms with Crippen molar-refractivity contribution in [2.45, 2.75) is 4.90 Å². The average Bonchev–Trinajstić information content (AvgIpc) is 3.23. The molecule has 1 aromatic heterocycles. The fraction of sp³-hybridized carbons (Fsp3) is 0.0870. The highest BCUT2D eigenvalue weighted by Crippen LogP contribution is 2.33. The molecule has 0 unspecified atom stereocenters. The number of fused-ring (bicyclic) bond motifs is 1. The molecular weight excluding hydrogens is 462 g/mol. The molecule has 1 amide bonds. The summed E-state index contributed by atoms with van der Waals surface area (Å²) in [4.78, 5) is 24.2. The highest BCUT2D eigenvalue weighted by atomic mass is 32.2. The van der Waals surface area contributed by atoms with Gasteiger partial charge in [0.05, 0.1) is 29.7 Å². The Labute approximate surface area is 194 Å². The predicted molar refractivity (Wildman–Crippen MR) is 124 cm³/mol. The van der Waals surface area contributed by atoms with Gasteiger partial charge in [-0.1, -0.05) is 18.2 Å². The molecule has 4 aromatic rings. The van der Waals surface area contributed by atoms with Gasteiger partial charge in [0.25, 0.3) is 21.6 Å². The Kier molecular flexibility index (Phi) is 5.95. The molecule has 1 heterocycles. The Balaban J connectivity index is 1.87. The van der Waals surface area contributed by atoms with E-state index in [1.165, 1.54) is 61.3 Å². The summed E-state index contributed by atoms with van der Waals surface area (Å²) in [6.07, 6.45) is 0. The number of ether oxygens (including phenoxy) is 2. The number of nitro benzene ring substituents is 1. The number of amides is 1. The number of para-hydroxylation sites is 1. The van der Waals surface area contributed by atoms with E-state index in [9.17, 15) is 23.3 Å². The van der Waals surface area contributed by atoms with E-state index in [1.807, 2.05) is 4.72 Å². The lowest BCUT2D eigenvalue weighted by Crippen LogP contribution is -2.32. The van der Waals surface area contributed by atoms with Crippen LogP contribution in [0.1, 0.15) is 10.5 Å². The molecule has 174 valence electrons. The number of methoxy groups -OCH3 is 2. The zero-order chi connectivity index (χ0) is 24.5. The van der Waals surface area contributed by atoms with Crippen LogP contribution in [-0.4, -0.2) is 38.0 Å². The van der Waals surface area contributed by atoms with Crippen molar-refractivity contribution < 1.29 is 27.6 Å². The SMILES string of the molecule is COc1ccc(S(=O)(=O)NC(=O)c2cc3cccc([N+](=O)[O-])c3n2-c2cccc(OC)c2)cc1. The Hall–Kier alpha value is -4.38. The third-order valence-electron chi connectivity index (χ3n) is 5.14. The molecule has 4 rings (SSSR count). The monoisotopic (exact) mass is 481 g/mol. The zero-order valence-corrected chi connectivity index (χ0v) is 18.9. The topological polar surface area (TPSA) is 130 Å². The van der Waals surface area contributed by atoms with Gasteiger partial charge in [-0.3, -0.25) is 19.5 Å². The molecule has 0 spiro atoms. The van der Waals surface area contributed by atoms with E-state index in [0.717, 1.165) is 0 Å². The second-order valence-corrected chi connectivity index (χ2v) is 8.83. The van der Waals surface area contributed by atoms with Crippen molar-refractivity contribution in [1.82, 2.24) is 9.29 Å². The van der Waals surface area contributed by atoms with E-state index in [4.69, 9.17) is 9.47 Å². The lowest BCUT2D eigenvalue weighted by molar-refractivity contribution is -0.383. The number of non-ortho nitro benzene ring substituents is 1. The summed E-state index contributed by atoms with van der Waals surface area (Å²) < 4.78 is 39.4. The number of nitrogens with zero attached hydrogens (tertiary/aromatic N) is 2. The van der Waals surface area contributed by atoms with Crippen LogP contribution in [0.3, 0.4) is 0 Å². The van der Waals surface area contributed by atoms with E-state index >= 15 is 0 Å². The summed E-state index contributed by atoms with van der Waals surface area (Å²) in [5, 5.41) is 12.1. The van der Waals surface area contributed by atoms with Crippen LogP contribution in [0.25, 0.3) is 16.6 Å². The molecule has 3 aromatic carbocycles. The van der Waals surface area contributed by atoms with Crippen molar-refractivity contribution in [1.29, 1.82) is 0 Å². The molecule has 0 aliphatic carbocycles. The minimum absolute atomic E-state index is 0.102. The summed E-state index contributed by atoms with van der Waals surface area (Å²) in [6.45, 7) is 0. The van der Waals surface area contributed by atoms with Crippen LogP contribution in [0.4, 0.5) is 5.69 Å². The maximum absolute atomic E-state index is 13.2. The number of nitro groups is 1. The number of benzene rings is 3. The first-order chi connectivity index (χ1) is 16.2. The molecule has 0 fully saturated rings. The van der Waals surface area contributed by atoms with Gasteiger partial charge >= 0.3 is 0 Å². The van der Waals surface area contributed by atoms with E-state index in [1.54, 1.807) is 30.3 Å². The molecule has 0 aliphatic heterocycles. The van der Waals surface area contributed by atoms with Gasteiger partial charge in [-0.25, -0.2) is 13.1 Å². The molecule has 0 saturated heterocycles. The van der Waals surface area contributed by atoms with Crippen LogP contribution >= 0.6 is 0 Å². The minimum Gasteiger partial charge on any atom is -0.497 e. The molecule has 0 radical (unpaired) electrons. The van der Waals surface area contributed by atoms with Crippen molar-refractivity contribution in [3.8, 4) is 17.2 Å². The lowest BCUT2D eigenvalue weighted by atomic mass is 10.2. The number of rotatable bonds is 7. The average molecular weight is 481 g/mol. The number of carbonyl (C=O) groups excluding carboxylic acids is 1. The predicted octanol–water partition coefficient (Wildman–Crippen LogP) is 3.67. The van der Waals surface area contributed by atoms with E-state index in [-0.39, 0.29) is 21.8 Å². The molecular formula is C23H19N3O7S. The van der Waals surface area contributed by atoms with Crippen LogP contribution in [0.15, 0.2) is 77.7 Å². The van der Waals surface area contributed by atoms with Crippen LogP contribution in [0, 0.1) is 10.1 Å². The van der Waals surface area contributed by atoms with Gasteiger partial charge in [-0.2, -0.15) is 0 Å². The van der Waals surface area contributed by atoms with Gasteiger partial charge in [0.1, 0.15) is 22.7 Å². The van der Waals surface area contributed by atoms with E-state index in [2.05, 4.69) is 0 Å². The van der Waals surface area contributed by atoms with Gasteiger partial charge in [-0.05, 0) is 42.5 Å². The van der Waals surface area contributed by atoms with Crippen molar-refractivity contribution in [2.75, 3.05) is 14.2 Å². The third kappa shape index (κ3) is 4.16. The summed E-state index contributed by atoms with van der Waals surface area (Å²) >= 11 is 0. The number of aromatic nitrogens is 1. The summed E-state index contributed by atoms with van der Waals surface area (Å²) in [5.41, 5.74) is 0.190. The summed E-state index contributed by atoms with van der Waals surface area (Å²) in [5.74, 6) is -0.0463. The fourth-order valence-electron chi connectivity index (χ4n) is 3.56. The fourth-order valence-corrected chi connectivity index (χ4v) is 4.52. The van der Waals surface area contributed by atoms with Gasteiger partial charge < -0.3 is 9.47 Å². The Morgan fingerprint density at radius 1 is 0.941 bits per heavy atom. The van der Waals surface area contributed by atoms with Crippen molar-refractivity contribution in [2.24, 2.45) is 0 Å². The van der Waals surface area contributed by atoms with Crippen molar-refractivity contribution in [3.63, 3.8) is 0 Å². The first kappa shape index (κ1) is 22.8. The Morgan fingerprint density at radius 3 is 2.26 bits per heavy atom. The van der Waals surface area contributed by atoms with Crippen LogP contribution in [0.5, 0.6) is 11.5 Å². The quantitative estimate of drug-likeness (QED) is 0.315. The molecule has 1 N–H and O–H groups in total. The highest BCUT2D eigenvalue weighted by Gasteiger charge is 2.26. The number of nitrogens with one attached hydrogen (secondary N) is 1.